The number of H-pyrrole nitrogens is 2. The first-order valence-electron chi connectivity index (χ1n) is 7.30. The molecule has 0 bridgehead atoms. The molecule has 0 aliphatic carbocycles. The lowest BCUT2D eigenvalue weighted by Crippen LogP contribution is -1.99. The van der Waals surface area contributed by atoms with Crippen molar-refractivity contribution in [3.8, 4) is 11.3 Å². The molecule has 0 amide bonds. The molecule has 0 spiro atoms. The molecule has 5 nitrogen and oxygen atoms in total. The summed E-state index contributed by atoms with van der Waals surface area (Å²) >= 11 is 3.52. The Morgan fingerprint density at radius 2 is 1.83 bits per heavy atom. The number of nitrogens with one attached hydrogen (secondary N) is 2. The van der Waals surface area contributed by atoms with E-state index in [0.717, 1.165) is 32.5 Å². The summed E-state index contributed by atoms with van der Waals surface area (Å²) in [6.07, 6.45) is 1.66. The average Bonchev–Trinajstić information content (AvgIpc) is 3.18. The monoisotopic (exact) mass is 381 g/mol. The van der Waals surface area contributed by atoms with Crippen LogP contribution in [-0.4, -0.2) is 16.2 Å². The second kappa shape index (κ2) is 5.98. The highest BCUT2D eigenvalue weighted by atomic mass is 79.9. The van der Waals surface area contributed by atoms with E-state index in [1.165, 1.54) is 0 Å². The molecule has 2 aromatic heterocycles. The lowest BCUT2D eigenvalue weighted by Gasteiger charge is -1.99. The van der Waals surface area contributed by atoms with E-state index < -0.39 is 0 Å². The minimum atomic E-state index is -0.227. The van der Waals surface area contributed by atoms with Crippen LogP contribution in [0.25, 0.3) is 22.4 Å². The number of imidazole rings is 1. The summed E-state index contributed by atoms with van der Waals surface area (Å²) in [7, 11) is 0. The van der Waals surface area contributed by atoms with Gasteiger partial charge in [-0.1, -0.05) is 34.1 Å². The number of hydrogen-bond acceptors (Lipinski definition) is 3. The SMILES string of the molecule is O=c1[nH]c2ccc(N=Cc3ccc(-c4ccccc4Br)o3)cc2[nH]1. The molecule has 0 aliphatic rings. The summed E-state index contributed by atoms with van der Waals surface area (Å²) < 4.78 is 6.80. The number of halogens is 1. The zero-order valence-electron chi connectivity index (χ0n) is 12.4. The molecule has 0 saturated carbocycles. The molecular formula is C18H12BrN3O2. The highest BCUT2D eigenvalue weighted by Crippen LogP contribution is 2.29. The van der Waals surface area contributed by atoms with Crippen LogP contribution in [0.15, 0.2) is 73.3 Å². The van der Waals surface area contributed by atoms with Gasteiger partial charge in [-0.15, -0.1) is 0 Å². The summed E-state index contributed by atoms with van der Waals surface area (Å²) in [5.74, 6) is 1.43. The number of aliphatic imine (C=N–C) groups is 1. The average molecular weight is 382 g/mol. The summed E-state index contributed by atoms with van der Waals surface area (Å²) in [6, 6.07) is 17.1. The van der Waals surface area contributed by atoms with Crippen LogP contribution in [-0.2, 0) is 0 Å². The fourth-order valence-corrected chi connectivity index (χ4v) is 2.95. The van der Waals surface area contributed by atoms with Gasteiger partial charge in [-0.05, 0) is 36.4 Å². The first-order valence-corrected chi connectivity index (χ1v) is 8.09. The van der Waals surface area contributed by atoms with Gasteiger partial charge >= 0.3 is 5.69 Å². The molecule has 24 heavy (non-hydrogen) atoms. The van der Waals surface area contributed by atoms with E-state index in [1.807, 2.05) is 48.5 Å². The van der Waals surface area contributed by atoms with Gasteiger partial charge in [0.2, 0.25) is 0 Å². The Morgan fingerprint density at radius 3 is 2.71 bits per heavy atom. The van der Waals surface area contributed by atoms with Crippen molar-refractivity contribution in [2.24, 2.45) is 4.99 Å². The van der Waals surface area contributed by atoms with Crippen LogP contribution >= 0.6 is 15.9 Å². The third-order valence-corrected chi connectivity index (χ3v) is 4.30. The van der Waals surface area contributed by atoms with Crippen LogP contribution in [0.1, 0.15) is 5.76 Å². The van der Waals surface area contributed by atoms with Crippen molar-refractivity contribution < 1.29 is 4.42 Å². The maximum atomic E-state index is 11.3. The Morgan fingerprint density at radius 1 is 1.00 bits per heavy atom. The summed E-state index contributed by atoms with van der Waals surface area (Å²) in [6.45, 7) is 0. The number of furan rings is 1. The largest absolute Gasteiger partial charge is 0.455 e. The molecule has 2 heterocycles. The number of benzene rings is 2. The number of aromatic amines is 2. The zero-order valence-corrected chi connectivity index (χ0v) is 14.0. The van der Waals surface area contributed by atoms with Gasteiger partial charge in [0, 0.05) is 10.0 Å². The topological polar surface area (TPSA) is 74.2 Å². The number of nitrogens with zero attached hydrogens (tertiary/aromatic N) is 1. The smallest absolute Gasteiger partial charge is 0.323 e. The highest BCUT2D eigenvalue weighted by molar-refractivity contribution is 9.10. The second-order valence-corrected chi connectivity index (χ2v) is 6.10. The molecular weight excluding hydrogens is 370 g/mol. The van der Waals surface area contributed by atoms with Gasteiger partial charge in [0.15, 0.2) is 0 Å². The van der Waals surface area contributed by atoms with Gasteiger partial charge in [0.25, 0.3) is 0 Å². The fraction of sp³-hybridized carbons (Fsp3) is 0. The minimum Gasteiger partial charge on any atom is -0.455 e. The summed E-state index contributed by atoms with van der Waals surface area (Å²) in [5.41, 5.74) is 2.98. The molecule has 0 saturated heterocycles. The highest BCUT2D eigenvalue weighted by Gasteiger charge is 2.06. The third-order valence-electron chi connectivity index (χ3n) is 3.61. The maximum absolute atomic E-state index is 11.3. The minimum absolute atomic E-state index is 0.227. The molecule has 0 unspecified atom stereocenters. The van der Waals surface area contributed by atoms with Crippen LogP contribution in [0.4, 0.5) is 5.69 Å². The van der Waals surface area contributed by atoms with Crippen molar-refractivity contribution in [2.75, 3.05) is 0 Å². The second-order valence-electron chi connectivity index (χ2n) is 5.25. The summed E-state index contributed by atoms with van der Waals surface area (Å²) in [4.78, 5) is 21.1. The Kier molecular flexibility index (Phi) is 3.66. The lowest BCUT2D eigenvalue weighted by atomic mass is 10.2. The van der Waals surface area contributed by atoms with E-state index >= 15 is 0 Å². The first-order chi connectivity index (χ1) is 11.7. The number of hydrogen-bond donors (Lipinski definition) is 2. The van der Waals surface area contributed by atoms with Gasteiger partial charge in [-0.25, -0.2) is 4.79 Å². The zero-order chi connectivity index (χ0) is 16.5. The van der Waals surface area contributed by atoms with Crippen molar-refractivity contribution in [3.63, 3.8) is 0 Å². The molecule has 0 radical (unpaired) electrons. The van der Waals surface area contributed by atoms with Crippen LogP contribution in [0.2, 0.25) is 0 Å². The predicted molar refractivity (Wildman–Crippen MR) is 98.0 cm³/mol. The number of aromatic nitrogens is 2. The van der Waals surface area contributed by atoms with E-state index in [1.54, 1.807) is 12.3 Å². The van der Waals surface area contributed by atoms with Crippen molar-refractivity contribution in [3.05, 3.63) is 75.3 Å². The third kappa shape index (κ3) is 2.83. The quantitative estimate of drug-likeness (QED) is 0.507. The first kappa shape index (κ1) is 14.7. The molecule has 0 atom stereocenters. The predicted octanol–water partition coefficient (Wildman–Crippen LogP) is 4.63. The van der Waals surface area contributed by atoms with E-state index in [2.05, 4.69) is 30.9 Å². The van der Waals surface area contributed by atoms with E-state index in [0.29, 0.717) is 5.76 Å². The van der Waals surface area contributed by atoms with E-state index in [-0.39, 0.29) is 5.69 Å². The van der Waals surface area contributed by atoms with E-state index in [9.17, 15) is 4.79 Å². The lowest BCUT2D eigenvalue weighted by molar-refractivity contribution is 0.575. The van der Waals surface area contributed by atoms with Crippen LogP contribution in [0.3, 0.4) is 0 Å². The van der Waals surface area contributed by atoms with Gasteiger partial charge in [-0.2, -0.15) is 0 Å². The Labute approximate surface area is 145 Å². The molecule has 2 aromatic carbocycles. The van der Waals surface area contributed by atoms with Crippen molar-refractivity contribution in [2.45, 2.75) is 0 Å². The van der Waals surface area contributed by atoms with Crippen molar-refractivity contribution in [1.29, 1.82) is 0 Å². The molecule has 4 aromatic rings. The maximum Gasteiger partial charge on any atom is 0.323 e. The van der Waals surface area contributed by atoms with Crippen LogP contribution in [0, 0.1) is 0 Å². The number of rotatable bonds is 3. The van der Waals surface area contributed by atoms with Crippen LogP contribution in [0.5, 0.6) is 0 Å². The molecule has 4 rings (SSSR count). The van der Waals surface area contributed by atoms with Gasteiger partial charge < -0.3 is 14.4 Å². The molecule has 0 fully saturated rings. The standard InChI is InChI=1S/C18H12BrN3O2/c19-14-4-2-1-3-13(14)17-8-6-12(24-17)10-20-11-5-7-15-16(9-11)22-18(23)21-15/h1-10H,(H2,21,22,23). The fourth-order valence-electron chi connectivity index (χ4n) is 2.47. The normalized spacial score (nSPS) is 11.5. The molecule has 118 valence electrons. The molecule has 6 heteroatoms. The van der Waals surface area contributed by atoms with Crippen molar-refractivity contribution in [1.82, 2.24) is 9.97 Å². The Balaban J connectivity index is 1.61. The Hall–Kier alpha value is -2.86. The molecule has 2 N–H and O–H groups in total. The van der Waals surface area contributed by atoms with Gasteiger partial charge in [0.05, 0.1) is 22.9 Å². The van der Waals surface area contributed by atoms with Gasteiger partial charge in [0.1, 0.15) is 11.5 Å². The van der Waals surface area contributed by atoms with Crippen molar-refractivity contribution >= 4 is 38.9 Å². The summed E-state index contributed by atoms with van der Waals surface area (Å²) in [5, 5.41) is 0. The number of fused-ring (bicyclic) bond motifs is 1. The van der Waals surface area contributed by atoms with E-state index in [4.69, 9.17) is 4.42 Å². The Bertz CT molecular complexity index is 1100. The van der Waals surface area contributed by atoms with Gasteiger partial charge in [-0.3, -0.25) is 4.99 Å². The van der Waals surface area contributed by atoms with Crippen LogP contribution < -0.4 is 5.69 Å². The molecule has 0 aliphatic heterocycles.